The van der Waals surface area contributed by atoms with Gasteiger partial charge in [0.15, 0.2) is 5.69 Å². The van der Waals surface area contributed by atoms with Crippen LogP contribution >= 0.6 is 0 Å². The van der Waals surface area contributed by atoms with Crippen LogP contribution in [0.3, 0.4) is 0 Å². The van der Waals surface area contributed by atoms with Crippen LogP contribution in [0.1, 0.15) is 27.9 Å². The Bertz CT molecular complexity index is 1340. The van der Waals surface area contributed by atoms with Gasteiger partial charge < -0.3 is 9.32 Å². The molecule has 0 bridgehead atoms. The lowest BCUT2D eigenvalue weighted by molar-refractivity contribution is -0.143. The third-order valence-corrected chi connectivity index (χ3v) is 5.09. The maximum Gasteiger partial charge on any atom is 0.436 e. The minimum atomic E-state index is -5.09. The van der Waals surface area contributed by atoms with Crippen LogP contribution in [0.25, 0.3) is 10.9 Å². The van der Waals surface area contributed by atoms with Crippen LogP contribution in [0, 0.1) is 0 Å². The molecule has 0 unspecified atom stereocenters. The van der Waals surface area contributed by atoms with Crippen molar-refractivity contribution in [2.75, 3.05) is 4.90 Å². The number of fused-ring (bicyclic) bond motifs is 1. The van der Waals surface area contributed by atoms with Gasteiger partial charge >= 0.3 is 18.5 Å². The highest BCUT2D eigenvalue weighted by atomic mass is 19.4. The van der Waals surface area contributed by atoms with Gasteiger partial charge in [0, 0.05) is 24.7 Å². The standard InChI is InChI=1S/C23H14F9N3O/c24-21(25,26)16-6-13(7-17(8-16)22(27,28)29)10-35(20-34-19(12-36-20)23(30,31)32)11-14-5-15-3-1-2-4-18(15)33-9-14/h1-9,12H,10-11H2. The molecule has 0 saturated heterocycles. The molecule has 0 saturated carbocycles. The molecule has 0 atom stereocenters. The second kappa shape index (κ2) is 9.03. The average molecular weight is 519 g/mol. The maximum atomic E-state index is 13.3. The molecule has 0 N–H and O–H groups in total. The van der Waals surface area contributed by atoms with Gasteiger partial charge in [-0.25, -0.2) is 0 Å². The fourth-order valence-electron chi connectivity index (χ4n) is 3.49. The lowest BCUT2D eigenvalue weighted by Crippen LogP contribution is -2.24. The van der Waals surface area contributed by atoms with Crippen molar-refractivity contribution in [3.8, 4) is 0 Å². The molecule has 2 aromatic carbocycles. The molecule has 4 aromatic rings. The third kappa shape index (κ3) is 5.71. The fourth-order valence-corrected chi connectivity index (χ4v) is 3.49. The Labute approximate surface area is 197 Å². The van der Waals surface area contributed by atoms with Crippen LogP contribution in [0.15, 0.2) is 65.4 Å². The van der Waals surface area contributed by atoms with Crippen molar-refractivity contribution in [2.24, 2.45) is 0 Å². The molecule has 13 heteroatoms. The summed E-state index contributed by atoms with van der Waals surface area (Å²) in [5, 5.41) is 0.664. The Morgan fingerprint density at radius 1 is 0.722 bits per heavy atom. The van der Waals surface area contributed by atoms with Gasteiger partial charge in [0.25, 0.3) is 6.01 Å². The van der Waals surface area contributed by atoms with Gasteiger partial charge in [-0.3, -0.25) is 4.98 Å². The van der Waals surface area contributed by atoms with Crippen LogP contribution in [-0.4, -0.2) is 9.97 Å². The minimum Gasteiger partial charge on any atom is -0.431 e. The number of hydrogen-bond donors (Lipinski definition) is 0. The number of anilines is 1. The van der Waals surface area contributed by atoms with E-state index in [0.717, 1.165) is 4.90 Å². The summed E-state index contributed by atoms with van der Waals surface area (Å²) in [6, 6.07) is 8.83. The summed E-state index contributed by atoms with van der Waals surface area (Å²) in [6.07, 6.45) is -13.4. The Morgan fingerprint density at radius 3 is 1.92 bits per heavy atom. The predicted octanol–water partition coefficient (Wildman–Crippen LogP) is 7.49. The Hall–Kier alpha value is -3.77. The molecular weight excluding hydrogens is 505 g/mol. The smallest absolute Gasteiger partial charge is 0.431 e. The number of pyridine rings is 1. The van der Waals surface area contributed by atoms with Crippen LogP contribution in [0.4, 0.5) is 45.5 Å². The van der Waals surface area contributed by atoms with E-state index in [-0.39, 0.29) is 12.6 Å². The Kier molecular flexibility index (Phi) is 6.35. The van der Waals surface area contributed by atoms with E-state index in [1.165, 1.54) is 6.20 Å². The van der Waals surface area contributed by atoms with Crippen molar-refractivity contribution in [1.82, 2.24) is 9.97 Å². The second-order valence-electron chi connectivity index (χ2n) is 7.82. The van der Waals surface area contributed by atoms with Crippen LogP contribution in [0.2, 0.25) is 0 Å². The monoisotopic (exact) mass is 519 g/mol. The first kappa shape index (κ1) is 25.3. The van der Waals surface area contributed by atoms with E-state index in [2.05, 4.69) is 9.97 Å². The highest BCUT2D eigenvalue weighted by molar-refractivity contribution is 5.78. The number of oxazole rings is 1. The van der Waals surface area contributed by atoms with E-state index < -0.39 is 53.5 Å². The first-order chi connectivity index (χ1) is 16.7. The van der Waals surface area contributed by atoms with E-state index in [0.29, 0.717) is 34.9 Å². The van der Waals surface area contributed by atoms with Crippen molar-refractivity contribution < 1.29 is 43.9 Å². The van der Waals surface area contributed by atoms with E-state index in [4.69, 9.17) is 4.42 Å². The lowest BCUT2D eigenvalue weighted by Gasteiger charge is -2.22. The van der Waals surface area contributed by atoms with E-state index in [1.54, 1.807) is 30.3 Å². The number of rotatable bonds is 5. The zero-order valence-corrected chi connectivity index (χ0v) is 17.8. The fraction of sp³-hybridized carbons (Fsp3) is 0.217. The maximum absolute atomic E-state index is 13.3. The number of benzene rings is 2. The first-order valence-corrected chi connectivity index (χ1v) is 10.1. The SMILES string of the molecule is FC(F)(F)c1cc(CN(Cc2cnc3ccccc3c2)c2nc(C(F)(F)F)co2)cc(C(F)(F)F)c1. The Morgan fingerprint density at radius 2 is 1.33 bits per heavy atom. The van der Waals surface area contributed by atoms with Crippen molar-refractivity contribution in [2.45, 2.75) is 31.6 Å². The van der Waals surface area contributed by atoms with Gasteiger partial charge in [0.05, 0.1) is 16.6 Å². The van der Waals surface area contributed by atoms with E-state index >= 15 is 0 Å². The largest absolute Gasteiger partial charge is 0.436 e. The molecule has 2 aromatic heterocycles. The minimum absolute atomic E-state index is 0.0337. The second-order valence-corrected chi connectivity index (χ2v) is 7.82. The number of para-hydroxylation sites is 1. The lowest BCUT2D eigenvalue weighted by atomic mass is 10.0. The molecule has 0 radical (unpaired) electrons. The summed E-state index contributed by atoms with van der Waals surface area (Å²) in [6.45, 7) is -0.940. The van der Waals surface area contributed by atoms with Gasteiger partial charge in [-0.2, -0.15) is 44.5 Å². The van der Waals surface area contributed by atoms with Gasteiger partial charge in [0.1, 0.15) is 6.26 Å². The average Bonchev–Trinajstić information content (AvgIpc) is 3.28. The number of alkyl halides is 9. The molecule has 0 fully saturated rings. The summed E-state index contributed by atoms with van der Waals surface area (Å²) < 4.78 is 124. The van der Waals surface area contributed by atoms with Crippen molar-refractivity contribution in [3.63, 3.8) is 0 Å². The topological polar surface area (TPSA) is 42.2 Å². The zero-order chi connectivity index (χ0) is 26.3. The molecule has 0 aliphatic rings. The molecule has 4 rings (SSSR count). The molecule has 190 valence electrons. The highest BCUT2D eigenvalue weighted by Crippen LogP contribution is 2.37. The Balaban J connectivity index is 1.76. The predicted molar refractivity (Wildman–Crippen MR) is 110 cm³/mol. The summed E-state index contributed by atoms with van der Waals surface area (Å²) in [5.41, 5.74) is -3.96. The number of nitrogens with zero attached hydrogens (tertiary/aromatic N) is 3. The molecule has 0 spiro atoms. The molecule has 36 heavy (non-hydrogen) atoms. The summed E-state index contributed by atoms with van der Waals surface area (Å²) >= 11 is 0. The zero-order valence-electron chi connectivity index (χ0n) is 17.8. The number of aromatic nitrogens is 2. The van der Waals surface area contributed by atoms with Crippen LogP contribution in [0.5, 0.6) is 0 Å². The molecule has 0 aliphatic carbocycles. The first-order valence-electron chi connectivity index (χ1n) is 10.1. The summed E-state index contributed by atoms with van der Waals surface area (Å²) in [4.78, 5) is 8.56. The van der Waals surface area contributed by atoms with Crippen molar-refractivity contribution in [3.05, 3.63) is 88.9 Å². The quantitative estimate of drug-likeness (QED) is 0.256. The summed E-state index contributed by atoms with van der Waals surface area (Å²) in [7, 11) is 0. The number of halogens is 9. The number of hydrogen-bond acceptors (Lipinski definition) is 4. The van der Waals surface area contributed by atoms with Gasteiger partial charge in [-0.15, -0.1) is 0 Å². The van der Waals surface area contributed by atoms with Gasteiger partial charge in [-0.05, 0) is 41.5 Å². The van der Waals surface area contributed by atoms with E-state index in [9.17, 15) is 39.5 Å². The van der Waals surface area contributed by atoms with Crippen LogP contribution in [-0.2, 0) is 31.6 Å². The molecule has 2 heterocycles. The van der Waals surface area contributed by atoms with Crippen molar-refractivity contribution in [1.29, 1.82) is 0 Å². The van der Waals surface area contributed by atoms with Gasteiger partial charge in [0.2, 0.25) is 0 Å². The normalized spacial score (nSPS) is 12.8. The molecule has 4 nitrogen and oxygen atoms in total. The molecular formula is C23H14F9N3O. The molecule has 0 amide bonds. The van der Waals surface area contributed by atoms with E-state index in [1.807, 2.05) is 0 Å². The van der Waals surface area contributed by atoms with Gasteiger partial charge in [-0.1, -0.05) is 18.2 Å². The molecule has 0 aliphatic heterocycles. The summed E-state index contributed by atoms with van der Waals surface area (Å²) in [5.74, 6) is 0. The van der Waals surface area contributed by atoms with Crippen LogP contribution < -0.4 is 4.90 Å². The van der Waals surface area contributed by atoms with Crippen molar-refractivity contribution >= 4 is 16.9 Å². The highest BCUT2D eigenvalue weighted by Gasteiger charge is 2.38. The third-order valence-electron chi connectivity index (χ3n) is 5.09.